The molecule has 1 aliphatic rings. The van der Waals surface area contributed by atoms with Crippen LogP contribution >= 0.6 is 0 Å². The molecule has 0 aliphatic carbocycles. The van der Waals surface area contributed by atoms with Crippen LogP contribution in [0.15, 0.2) is 42.5 Å². The highest BCUT2D eigenvalue weighted by Gasteiger charge is 2.36. The van der Waals surface area contributed by atoms with Crippen LogP contribution in [-0.2, 0) is 11.2 Å². The predicted octanol–water partition coefficient (Wildman–Crippen LogP) is 4.83. The lowest BCUT2D eigenvalue weighted by molar-refractivity contribution is -0.129. The summed E-state index contributed by atoms with van der Waals surface area (Å²) in [5.74, 6) is 2.07. The Kier molecular flexibility index (Phi) is 6.36. The van der Waals surface area contributed by atoms with E-state index >= 15 is 0 Å². The molecule has 1 aliphatic heterocycles. The van der Waals surface area contributed by atoms with Crippen LogP contribution in [0.3, 0.4) is 0 Å². The lowest BCUT2D eigenvalue weighted by Crippen LogP contribution is -2.45. The van der Waals surface area contributed by atoms with Gasteiger partial charge in [-0.15, -0.1) is 0 Å². The van der Waals surface area contributed by atoms with Crippen molar-refractivity contribution in [3.8, 4) is 17.2 Å². The number of amides is 1. The van der Waals surface area contributed by atoms with E-state index in [-0.39, 0.29) is 11.9 Å². The molecule has 3 rings (SSSR count). The molecule has 0 radical (unpaired) electrons. The largest absolute Gasteiger partial charge is 0.497 e. The van der Waals surface area contributed by atoms with Crippen LogP contribution in [0.1, 0.15) is 57.7 Å². The summed E-state index contributed by atoms with van der Waals surface area (Å²) in [7, 11) is 1.63. The molecule has 0 bridgehead atoms. The Morgan fingerprint density at radius 3 is 2.48 bits per heavy atom. The van der Waals surface area contributed by atoms with Crippen molar-refractivity contribution in [1.29, 1.82) is 0 Å². The zero-order chi connectivity index (χ0) is 21.0. The molecule has 2 unspecified atom stereocenters. The van der Waals surface area contributed by atoms with E-state index in [1.807, 2.05) is 63.2 Å². The Morgan fingerprint density at radius 2 is 1.86 bits per heavy atom. The maximum Gasteiger partial charge on any atom is 0.261 e. The van der Waals surface area contributed by atoms with Crippen LogP contribution < -0.4 is 19.5 Å². The first-order chi connectivity index (χ1) is 13.8. The van der Waals surface area contributed by atoms with Crippen LogP contribution in [0.4, 0.5) is 0 Å². The first-order valence-corrected chi connectivity index (χ1v) is 10.3. The third kappa shape index (κ3) is 5.03. The lowest BCUT2D eigenvalue weighted by Gasteiger charge is -2.38. The number of rotatable bonds is 7. The highest BCUT2D eigenvalue weighted by molar-refractivity contribution is 5.81. The van der Waals surface area contributed by atoms with Gasteiger partial charge in [-0.25, -0.2) is 0 Å². The minimum Gasteiger partial charge on any atom is -0.497 e. The average molecular weight is 398 g/mol. The molecule has 0 aromatic heterocycles. The molecule has 2 atom stereocenters. The number of aryl methyl sites for hydroxylation is 1. The fraction of sp³-hybridized carbons (Fsp3) is 0.458. The van der Waals surface area contributed by atoms with Gasteiger partial charge in [0.25, 0.3) is 5.91 Å². The van der Waals surface area contributed by atoms with Crippen molar-refractivity contribution >= 4 is 5.91 Å². The monoisotopic (exact) mass is 397 g/mol. The van der Waals surface area contributed by atoms with Gasteiger partial charge < -0.3 is 19.5 Å². The van der Waals surface area contributed by atoms with Gasteiger partial charge in [0.05, 0.1) is 13.2 Å². The average Bonchev–Trinajstić information content (AvgIpc) is 2.70. The Balaban J connectivity index is 1.75. The summed E-state index contributed by atoms with van der Waals surface area (Å²) in [5.41, 5.74) is 1.81. The van der Waals surface area contributed by atoms with Crippen molar-refractivity contribution in [3.05, 3.63) is 53.6 Å². The fourth-order valence-corrected chi connectivity index (χ4v) is 3.64. The predicted molar refractivity (Wildman–Crippen MR) is 114 cm³/mol. The van der Waals surface area contributed by atoms with Gasteiger partial charge in [-0.1, -0.05) is 26.0 Å². The number of carbonyl (C=O) groups excluding carboxylic acids is 1. The molecular formula is C24H31NO4. The van der Waals surface area contributed by atoms with Crippen LogP contribution in [0.25, 0.3) is 0 Å². The maximum absolute atomic E-state index is 13.0. The second kappa shape index (κ2) is 8.76. The molecule has 5 heteroatoms. The molecule has 156 valence electrons. The lowest BCUT2D eigenvalue weighted by atomic mass is 9.89. The van der Waals surface area contributed by atoms with Gasteiger partial charge in [0, 0.05) is 18.1 Å². The Bertz CT molecular complexity index is 844. The van der Waals surface area contributed by atoms with E-state index in [0.717, 1.165) is 23.5 Å². The highest BCUT2D eigenvalue weighted by atomic mass is 16.5. The second-order valence-electron chi connectivity index (χ2n) is 8.04. The molecular weight excluding hydrogens is 366 g/mol. The van der Waals surface area contributed by atoms with Gasteiger partial charge in [0.15, 0.2) is 6.10 Å². The number of ether oxygens (including phenoxy) is 3. The molecule has 0 saturated carbocycles. The van der Waals surface area contributed by atoms with Crippen molar-refractivity contribution in [2.24, 2.45) is 0 Å². The number of nitrogens with one attached hydrogen (secondary N) is 1. The normalized spacial score (nSPS) is 18.2. The van der Waals surface area contributed by atoms with E-state index in [4.69, 9.17) is 14.2 Å². The SMILES string of the molecule is CCc1ccc(OC(CC)C(=O)NC2CC(C)(C)Oc3cc(OC)ccc32)cc1. The first kappa shape index (κ1) is 21.0. The summed E-state index contributed by atoms with van der Waals surface area (Å²) in [6.07, 6.45) is 1.69. The number of benzene rings is 2. The van der Waals surface area contributed by atoms with Crippen LogP contribution in [0.2, 0.25) is 0 Å². The van der Waals surface area contributed by atoms with Crippen molar-refractivity contribution in [1.82, 2.24) is 5.32 Å². The zero-order valence-electron chi connectivity index (χ0n) is 18.0. The molecule has 2 aromatic rings. The third-order valence-corrected chi connectivity index (χ3v) is 5.27. The summed E-state index contributed by atoms with van der Waals surface area (Å²) < 4.78 is 17.4. The summed E-state index contributed by atoms with van der Waals surface area (Å²) in [6, 6.07) is 13.5. The smallest absolute Gasteiger partial charge is 0.261 e. The zero-order valence-corrected chi connectivity index (χ0v) is 18.0. The van der Waals surface area contributed by atoms with Gasteiger partial charge >= 0.3 is 0 Å². The molecule has 0 fully saturated rings. The van der Waals surface area contributed by atoms with Crippen LogP contribution in [-0.4, -0.2) is 24.7 Å². The second-order valence-corrected chi connectivity index (χ2v) is 8.04. The molecule has 5 nitrogen and oxygen atoms in total. The number of hydrogen-bond donors (Lipinski definition) is 1. The Hall–Kier alpha value is -2.69. The molecule has 1 N–H and O–H groups in total. The summed E-state index contributed by atoms with van der Waals surface area (Å²) in [6.45, 7) is 8.12. The van der Waals surface area contributed by atoms with E-state index in [1.54, 1.807) is 7.11 Å². The van der Waals surface area contributed by atoms with Gasteiger partial charge in [-0.2, -0.15) is 0 Å². The molecule has 1 amide bonds. The van der Waals surface area contributed by atoms with Crippen molar-refractivity contribution < 1.29 is 19.0 Å². The third-order valence-electron chi connectivity index (χ3n) is 5.27. The van der Waals surface area contributed by atoms with Crippen molar-refractivity contribution in [3.63, 3.8) is 0 Å². The summed E-state index contributed by atoms with van der Waals surface area (Å²) in [5, 5.41) is 3.18. The molecule has 0 saturated heterocycles. The van der Waals surface area contributed by atoms with E-state index in [0.29, 0.717) is 18.6 Å². The standard InChI is InChI=1S/C24H31NO4/c1-6-16-8-10-17(11-9-16)28-21(7-2)23(26)25-20-15-24(3,4)29-22-14-18(27-5)12-13-19(20)22/h8-14,20-21H,6-7,15H2,1-5H3,(H,25,26). The quantitative estimate of drug-likeness (QED) is 0.727. The first-order valence-electron chi connectivity index (χ1n) is 10.3. The molecule has 2 aromatic carbocycles. The van der Waals surface area contributed by atoms with Gasteiger partial charge in [-0.3, -0.25) is 4.79 Å². The Morgan fingerprint density at radius 1 is 1.17 bits per heavy atom. The topological polar surface area (TPSA) is 56.8 Å². The van der Waals surface area contributed by atoms with Crippen molar-refractivity contribution in [2.45, 2.75) is 64.7 Å². The summed E-state index contributed by atoms with van der Waals surface area (Å²) in [4.78, 5) is 13.0. The Labute approximate surface area is 173 Å². The van der Waals surface area contributed by atoms with E-state index in [9.17, 15) is 4.79 Å². The maximum atomic E-state index is 13.0. The van der Waals surface area contributed by atoms with E-state index in [2.05, 4.69) is 12.2 Å². The van der Waals surface area contributed by atoms with Crippen molar-refractivity contribution in [2.75, 3.05) is 7.11 Å². The highest BCUT2D eigenvalue weighted by Crippen LogP contribution is 2.41. The minimum absolute atomic E-state index is 0.114. The molecule has 29 heavy (non-hydrogen) atoms. The van der Waals surface area contributed by atoms with E-state index in [1.165, 1.54) is 5.56 Å². The minimum atomic E-state index is -0.546. The van der Waals surface area contributed by atoms with Crippen LogP contribution in [0, 0.1) is 0 Å². The number of hydrogen-bond acceptors (Lipinski definition) is 4. The van der Waals surface area contributed by atoms with Gasteiger partial charge in [0.2, 0.25) is 0 Å². The number of methoxy groups -OCH3 is 1. The van der Waals surface area contributed by atoms with Crippen LogP contribution in [0.5, 0.6) is 17.2 Å². The van der Waals surface area contributed by atoms with Gasteiger partial charge in [-0.05, 0) is 56.5 Å². The fourth-order valence-electron chi connectivity index (χ4n) is 3.64. The number of carbonyl (C=O) groups is 1. The van der Waals surface area contributed by atoms with E-state index < -0.39 is 11.7 Å². The molecule has 0 spiro atoms. The molecule has 1 heterocycles. The summed E-state index contributed by atoms with van der Waals surface area (Å²) >= 11 is 0. The number of fused-ring (bicyclic) bond motifs is 1. The van der Waals surface area contributed by atoms with Gasteiger partial charge in [0.1, 0.15) is 22.8 Å².